The van der Waals surface area contributed by atoms with E-state index >= 15 is 0 Å². The second-order valence-electron chi connectivity index (χ2n) is 7.28. The van der Waals surface area contributed by atoms with Gasteiger partial charge in [-0.15, -0.1) is 0 Å². The van der Waals surface area contributed by atoms with E-state index in [1.807, 2.05) is 24.8 Å². The predicted octanol–water partition coefficient (Wildman–Crippen LogP) is 2.85. The van der Waals surface area contributed by atoms with Crippen molar-refractivity contribution in [3.63, 3.8) is 0 Å². The van der Waals surface area contributed by atoms with Gasteiger partial charge in [0.25, 0.3) is 5.91 Å². The first-order chi connectivity index (χ1) is 12.5. The minimum absolute atomic E-state index is 0.0833. The minimum atomic E-state index is -0.0833. The molecule has 6 nitrogen and oxygen atoms in total. The standard InChI is InChI=1S/C19H24ClN5O/c1-13-11-14(2)25(22-13)17-6-5-16(20)18(21-17)19(26)24-10-7-15(12-24)23-8-3-4-9-23/h5-6,11,15H,3-4,7-10,12H2,1-2H3. The molecule has 138 valence electrons. The lowest BCUT2D eigenvalue weighted by molar-refractivity contribution is 0.0774. The zero-order chi connectivity index (χ0) is 18.3. The molecule has 1 amide bonds. The first-order valence-corrected chi connectivity index (χ1v) is 9.64. The highest BCUT2D eigenvalue weighted by Gasteiger charge is 2.33. The summed E-state index contributed by atoms with van der Waals surface area (Å²) in [5, 5.41) is 4.85. The van der Waals surface area contributed by atoms with Crippen molar-refractivity contribution in [2.75, 3.05) is 26.2 Å². The Morgan fingerprint density at radius 1 is 1.19 bits per heavy atom. The SMILES string of the molecule is Cc1cc(C)n(-c2ccc(Cl)c(C(=O)N3CCC(N4CCCC4)C3)n2)n1. The van der Waals surface area contributed by atoms with Crippen molar-refractivity contribution in [2.24, 2.45) is 0 Å². The van der Waals surface area contributed by atoms with Crippen LogP contribution in [0.25, 0.3) is 5.82 Å². The molecule has 1 unspecified atom stereocenters. The van der Waals surface area contributed by atoms with Gasteiger partial charge >= 0.3 is 0 Å². The smallest absolute Gasteiger partial charge is 0.274 e. The van der Waals surface area contributed by atoms with Crippen LogP contribution in [0.4, 0.5) is 0 Å². The van der Waals surface area contributed by atoms with Crippen LogP contribution in [0.5, 0.6) is 0 Å². The minimum Gasteiger partial charge on any atom is -0.336 e. The Morgan fingerprint density at radius 3 is 2.65 bits per heavy atom. The molecule has 0 saturated carbocycles. The Hall–Kier alpha value is -1.92. The first kappa shape index (κ1) is 17.5. The predicted molar refractivity (Wildman–Crippen MR) is 101 cm³/mol. The Kier molecular flexibility index (Phi) is 4.71. The van der Waals surface area contributed by atoms with E-state index in [9.17, 15) is 4.79 Å². The summed E-state index contributed by atoms with van der Waals surface area (Å²) in [4.78, 5) is 22.0. The van der Waals surface area contributed by atoms with Crippen LogP contribution in [0.15, 0.2) is 18.2 Å². The van der Waals surface area contributed by atoms with Crippen molar-refractivity contribution in [3.8, 4) is 5.82 Å². The third kappa shape index (κ3) is 3.23. The lowest BCUT2D eigenvalue weighted by Gasteiger charge is -2.23. The Balaban J connectivity index is 1.56. The van der Waals surface area contributed by atoms with Gasteiger partial charge in [0, 0.05) is 24.8 Å². The molecule has 1 atom stereocenters. The van der Waals surface area contributed by atoms with E-state index in [0.717, 1.165) is 44.0 Å². The first-order valence-electron chi connectivity index (χ1n) is 9.26. The highest BCUT2D eigenvalue weighted by atomic mass is 35.5. The van der Waals surface area contributed by atoms with Gasteiger partial charge in [0.1, 0.15) is 5.69 Å². The molecule has 0 radical (unpaired) electrons. The number of rotatable bonds is 3. The lowest BCUT2D eigenvalue weighted by Crippen LogP contribution is -2.37. The summed E-state index contributed by atoms with van der Waals surface area (Å²) in [6.07, 6.45) is 3.56. The van der Waals surface area contributed by atoms with Crippen molar-refractivity contribution in [2.45, 2.75) is 39.2 Å². The summed E-state index contributed by atoms with van der Waals surface area (Å²) in [5.74, 6) is 0.540. The Morgan fingerprint density at radius 2 is 1.96 bits per heavy atom. The molecule has 2 saturated heterocycles. The number of halogens is 1. The number of carbonyl (C=O) groups excluding carboxylic acids is 1. The summed E-state index contributed by atoms with van der Waals surface area (Å²) in [6.45, 7) is 7.74. The number of nitrogens with zero attached hydrogens (tertiary/aromatic N) is 5. The maximum atomic E-state index is 13.0. The zero-order valence-corrected chi connectivity index (χ0v) is 16.0. The van der Waals surface area contributed by atoms with Gasteiger partial charge < -0.3 is 4.90 Å². The molecule has 4 rings (SSSR count). The molecule has 0 spiro atoms. The van der Waals surface area contributed by atoms with Gasteiger partial charge in [-0.05, 0) is 64.4 Å². The van der Waals surface area contributed by atoms with E-state index in [-0.39, 0.29) is 5.91 Å². The average molecular weight is 374 g/mol. The van der Waals surface area contributed by atoms with Crippen LogP contribution >= 0.6 is 11.6 Å². The molecule has 2 fully saturated rings. The molecule has 0 bridgehead atoms. The van der Waals surface area contributed by atoms with Gasteiger partial charge in [-0.25, -0.2) is 9.67 Å². The number of hydrogen-bond donors (Lipinski definition) is 0. The highest BCUT2D eigenvalue weighted by Crippen LogP contribution is 2.24. The normalized spacial score (nSPS) is 20.9. The molecule has 2 aliphatic rings. The van der Waals surface area contributed by atoms with Crippen LogP contribution in [-0.4, -0.2) is 62.7 Å². The van der Waals surface area contributed by atoms with Crippen molar-refractivity contribution >= 4 is 17.5 Å². The molecule has 26 heavy (non-hydrogen) atoms. The molecule has 0 aromatic carbocycles. The fraction of sp³-hybridized carbons (Fsp3) is 0.526. The molecular formula is C19H24ClN5O. The van der Waals surface area contributed by atoms with E-state index in [1.54, 1.807) is 16.8 Å². The third-order valence-electron chi connectivity index (χ3n) is 5.37. The molecule has 0 aliphatic carbocycles. The summed E-state index contributed by atoms with van der Waals surface area (Å²) in [5.41, 5.74) is 2.21. The van der Waals surface area contributed by atoms with Gasteiger partial charge in [-0.3, -0.25) is 9.69 Å². The number of aryl methyl sites for hydroxylation is 2. The average Bonchev–Trinajstić information content (AvgIpc) is 3.35. The second kappa shape index (κ2) is 7.00. The lowest BCUT2D eigenvalue weighted by atomic mass is 10.2. The van der Waals surface area contributed by atoms with Crippen LogP contribution in [-0.2, 0) is 0 Å². The number of carbonyl (C=O) groups is 1. The van der Waals surface area contributed by atoms with Crippen molar-refractivity contribution < 1.29 is 4.79 Å². The van der Waals surface area contributed by atoms with E-state index in [1.165, 1.54) is 12.8 Å². The van der Waals surface area contributed by atoms with E-state index in [2.05, 4.69) is 15.0 Å². The van der Waals surface area contributed by atoms with Crippen LogP contribution in [0.3, 0.4) is 0 Å². The topological polar surface area (TPSA) is 54.3 Å². The van der Waals surface area contributed by atoms with Crippen LogP contribution in [0, 0.1) is 13.8 Å². The summed E-state index contributed by atoms with van der Waals surface area (Å²) in [6, 6.07) is 6.00. The van der Waals surface area contributed by atoms with Gasteiger partial charge in [-0.1, -0.05) is 11.6 Å². The van der Waals surface area contributed by atoms with Gasteiger partial charge in [0.05, 0.1) is 10.7 Å². The second-order valence-corrected chi connectivity index (χ2v) is 7.68. The fourth-order valence-electron chi connectivity index (χ4n) is 4.04. The van der Waals surface area contributed by atoms with Crippen LogP contribution in [0.2, 0.25) is 5.02 Å². The number of likely N-dealkylation sites (tertiary alicyclic amines) is 2. The highest BCUT2D eigenvalue weighted by molar-refractivity contribution is 6.33. The number of hydrogen-bond acceptors (Lipinski definition) is 4. The number of pyridine rings is 1. The van der Waals surface area contributed by atoms with Gasteiger partial charge in [0.15, 0.2) is 5.82 Å². The van der Waals surface area contributed by atoms with E-state index < -0.39 is 0 Å². The van der Waals surface area contributed by atoms with E-state index in [0.29, 0.717) is 22.6 Å². The summed E-state index contributed by atoms with van der Waals surface area (Å²) in [7, 11) is 0. The monoisotopic (exact) mass is 373 g/mol. The number of aromatic nitrogens is 3. The van der Waals surface area contributed by atoms with Crippen LogP contribution < -0.4 is 0 Å². The summed E-state index contributed by atoms with van der Waals surface area (Å²) < 4.78 is 1.75. The van der Waals surface area contributed by atoms with Crippen molar-refractivity contribution in [1.82, 2.24) is 24.6 Å². The molecule has 2 aromatic rings. The van der Waals surface area contributed by atoms with Crippen molar-refractivity contribution in [1.29, 1.82) is 0 Å². The molecule has 0 N–H and O–H groups in total. The Labute approximate surface area is 158 Å². The quantitative estimate of drug-likeness (QED) is 0.830. The fourth-order valence-corrected chi connectivity index (χ4v) is 4.23. The maximum Gasteiger partial charge on any atom is 0.274 e. The van der Waals surface area contributed by atoms with Gasteiger partial charge in [-0.2, -0.15) is 5.10 Å². The Bertz CT molecular complexity index is 827. The molecule has 2 aliphatic heterocycles. The third-order valence-corrected chi connectivity index (χ3v) is 5.67. The molecule has 4 heterocycles. The van der Waals surface area contributed by atoms with Crippen LogP contribution in [0.1, 0.15) is 41.1 Å². The molecular weight excluding hydrogens is 350 g/mol. The van der Waals surface area contributed by atoms with Crippen molar-refractivity contribution in [3.05, 3.63) is 40.3 Å². The van der Waals surface area contributed by atoms with E-state index in [4.69, 9.17) is 11.6 Å². The molecule has 2 aromatic heterocycles. The maximum absolute atomic E-state index is 13.0. The van der Waals surface area contributed by atoms with Gasteiger partial charge in [0.2, 0.25) is 0 Å². The zero-order valence-electron chi connectivity index (χ0n) is 15.3. The molecule has 7 heteroatoms. The summed E-state index contributed by atoms with van der Waals surface area (Å²) >= 11 is 6.32. The number of amides is 1. The largest absolute Gasteiger partial charge is 0.336 e.